The molecule has 0 aliphatic carbocycles. The Balaban J connectivity index is 1.60. The van der Waals surface area contributed by atoms with Crippen molar-refractivity contribution >= 4 is 37.1 Å². The van der Waals surface area contributed by atoms with Crippen molar-refractivity contribution in [2.24, 2.45) is 0 Å². The van der Waals surface area contributed by atoms with Gasteiger partial charge < -0.3 is 29.4 Å². The largest absolute Gasteiger partial charge is 0.450 e. The third-order valence-electron chi connectivity index (χ3n) is 6.21. The summed E-state index contributed by atoms with van der Waals surface area (Å²) in [6.45, 7) is 7.00. The third-order valence-corrected chi connectivity index (χ3v) is 7.60. The molecule has 2 aromatic heterocycles. The van der Waals surface area contributed by atoms with Crippen LogP contribution < -0.4 is 15.4 Å². The van der Waals surface area contributed by atoms with Crippen LogP contribution in [0.1, 0.15) is 5.56 Å². The zero-order valence-corrected chi connectivity index (χ0v) is 23.4. The summed E-state index contributed by atoms with van der Waals surface area (Å²) in [6.07, 6.45) is -2.44. The molecule has 0 bridgehead atoms. The molecule has 0 radical (unpaired) electrons. The molecule has 3 aromatic rings. The summed E-state index contributed by atoms with van der Waals surface area (Å²) in [5.41, 5.74) is -3.58. The Morgan fingerprint density at radius 3 is 2.51 bits per heavy atom. The van der Waals surface area contributed by atoms with Gasteiger partial charge in [-0.05, 0) is 12.1 Å². The van der Waals surface area contributed by atoms with Crippen LogP contribution in [0.15, 0.2) is 37.2 Å². The van der Waals surface area contributed by atoms with Crippen LogP contribution in [0.5, 0.6) is 11.5 Å². The number of hydrogen-bond donors (Lipinski definition) is 2. The van der Waals surface area contributed by atoms with Crippen molar-refractivity contribution in [3.63, 3.8) is 0 Å². The second-order valence-electron chi connectivity index (χ2n) is 10.0. The molecule has 1 aliphatic rings. The fraction of sp³-hybridized carbons (Fsp3) is 0.385. The normalized spacial score (nSPS) is 14.7. The van der Waals surface area contributed by atoms with Crippen LogP contribution >= 0.6 is 0 Å². The average molecular weight is 603 g/mol. The number of nitrogens with one attached hydrogen (secondary N) is 2. The molecule has 222 valence electrons. The number of carbonyl (C=O) groups excluding carboxylic acids is 1. The number of nitrogens with zero attached hydrogens (tertiary/aromatic N) is 2. The van der Waals surface area contributed by atoms with Gasteiger partial charge in [0.15, 0.2) is 23.1 Å². The van der Waals surface area contributed by atoms with Crippen molar-refractivity contribution in [3.8, 4) is 11.5 Å². The van der Waals surface area contributed by atoms with E-state index in [2.05, 4.69) is 35.3 Å². The molecule has 3 heterocycles. The maximum atomic E-state index is 15.0. The van der Waals surface area contributed by atoms with Gasteiger partial charge in [-0.15, -0.1) is 0 Å². The van der Waals surface area contributed by atoms with Gasteiger partial charge in [0, 0.05) is 51.2 Å². The standard InChI is InChI=1S/C26H28F6N4O4Si/c1-15(26(30,31)32)17-10-36(14-38-6-7-41(2)3)23-21(17)20(4-5-33-23)40-22-18(27)8-16(9-19(22)28)35-24(37)34-11-25(29)12-39-13-25/h4-5,8-10,41H,1,6-7,11-14H2,2-3H3,(H2,34,35,37). The number of aromatic nitrogens is 2. The van der Waals surface area contributed by atoms with Crippen LogP contribution in [-0.2, 0) is 16.2 Å². The first kappa shape index (κ1) is 30.4. The summed E-state index contributed by atoms with van der Waals surface area (Å²) < 4.78 is 102. The number of anilines is 1. The molecule has 4 rings (SSSR count). The SMILES string of the molecule is C=C(c1cn(COCC[SiH](C)C)c2nccc(Oc3c(F)cc(NC(=O)NCC4(F)COC4)cc3F)c12)C(F)(F)F. The zero-order chi connectivity index (χ0) is 29.9. The van der Waals surface area contributed by atoms with Gasteiger partial charge >= 0.3 is 12.2 Å². The summed E-state index contributed by atoms with van der Waals surface area (Å²) >= 11 is 0. The van der Waals surface area contributed by atoms with Crippen LogP contribution in [0.25, 0.3) is 16.6 Å². The van der Waals surface area contributed by atoms with Gasteiger partial charge in [-0.1, -0.05) is 19.7 Å². The number of allylic oxidation sites excluding steroid dienone is 1. The number of rotatable bonds is 11. The van der Waals surface area contributed by atoms with Crippen molar-refractivity contribution < 1.29 is 45.3 Å². The second kappa shape index (κ2) is 12.1. The minimum atomic E-state index is -4.81. The lowest BCUT2D eigenvalue weighted by atomic mass is 10.1. The van der Waals surface area contributed by atoms with E-state index >= 15 is 0 Å². The highest BCUT2D eigenvalue weighted by molar-refractivity contribution is 6.55. The maximum Gasteiger partial charge on any atom is 0.416 e. The number of amides is 2. The van der Waals surface area contributed by atoms with Crippen LogP contribution in [0.2, 0.25) is 19.1 Å². The van der Waals surface area contributed by atoms with E-state index in [0.717, 1.165) is 24.4 Å². The van der Waals surface area contributed by atoms with Crippen molar-refractivity contribution in [1.82, 2.24) is 14.9 Å². The number of carbonyl (C=O) groups is 1. The molecule has 1 aliphatic heterocycles. The number of benzene rings is 1. The van der Waals surface area contributed by atoms with E-state index in [4.69, 9.17) is 14.2 Å². The minimum Gasteiger partial charge on any atom is -0.450 e. The van der Waals surface area contributed by atoms with Gasteiger partial charge in [0.25, 0.3) is 0 Å². The molecule has 0 spiro atoms. The summed E-state index contributed by atoms with van der Waals surface area (Å²) in [4.78, 5) is 16.2. The summed E-state index contributed by atoms with van der Waals surface area (Å²) in [5, 5.41) is 4.26. The van der Waals surface area contributed by atoms with Crippen LogP contribution in [0.4, 0.5) is 36.8 Å². The number of urea groups is 1. The lowest BCUT2D eigenvalue weighted by molar-refractivity contribution is -0.125. The van der Waals surface area contributed by atoms with Crippen LogP contribution in [0, 0.1) is 11.6 Å². The monoisotopic (exact) mass is 602 g/mol. The summed E-state index contributed by atoms with van der Waals surface area (Å²) in [7, 11) is -0.909. The van der Waals surface area contributed by atoms with E-state index in [1.54, 1.807) is 0 Å². The predicted molar refractivity (Wildman–Crippen MR) is 143 cm³/mol. The van der Waals surface area contributed by atoms with E-state index in [9.17, 15) is 31.1 Å². The molecule has 2 amide bonds. The highest BCUT2D eigenvalue weighted by Gasteiger charge is 2.39. The lowest BCUT2D eigenvalue weighted by Gasteiger charge is -2.33. The fourth-order valence-electron chi connectivity index (χ4n) is 3.91. The first-order valence-electron chi connectivity index (χ1n) is 12.6. The smallest absolute Gasteiger partial charge is 0.416 e. The van der Waals surface area contributed by atoms with Crippen molar-refractivity contribution in [2.75, 3.05) is 31.7 Å². The van der Waals surface area contributed by atoms with Crippen LogP contribution in [0.3, 0.4) is 0 Å². The number of halogens is 6. The lowest BCUT2D eigenvalue weighted by Crippen LogP contribution is -2.54. The zero-order valence-electron chi connectivity index (χ0n) is 22.2. The number of hydrogen-bond acceptors (Lipinski definition) is 5. The number of ether oxygens (including phenoxy) is 3. The first-order valence-corrected chi connectivity index (χ1v) is 15.7. The topological polar surface area (TPSA) is 86.6 Å². The Labute approximate surface area is 232 Å². The van der Waals surface area contributed by atoms with E-state index < -0.39 is 55.2 Å². The van der Waals surface area contributed by atoms with Gasteiger partial charge in [-0.25, -0.2) is 22.9 Å². The van der Waals surface area contributed by atoms with E-state index in [1.807, 2.05) is 0 Å². The minimum absolute atomic E-state index is 0.0305. The number of alkyl halides is 4. The Kier molecular flexibility index (Phi) is 8.99. The van der Waals surface area contributed by atoms with Gasteiger partial charge in [-0.3, -0.25) is 0 Å². The van der Waals surface area contributed by atoms with Crippen LogP contribution in [-0.4, -0.2) is 62.6 Å². The third kappa shape index (κ3) is 7.21. The second-order valence-corrected chi connectivity index (χ2v) is 13.4. The Hall–Kier alpha value is -3.56. The number of fused-ring (bicyclic) bond motifs is 1. The van der Waals surface area contributed by atoms with Crippen molar-refractivity contribution in [3.05, 3.63) is 54.4 Å². The maximum absolute atomic E-state index is 15.0. The van der Waals surface area contributed by atoms with Crippen molar-refractivity contribution in [2.45, 2.75) is 37.7 Å². The fourth-order valence-corrected chi connectivity index (χ4v) is 4.55. The van der Waals surface area contributed by atoms with Gasteiger partial charge in [0.2, 0.25) is 0 Å². The number of pyridine rings is 1. The summed E-state index contributed by atoms with van der Waals surface area (Å²) in [5.74, 6) is -3.74. The molecule has 1 fully saturated rings. The molecule has 41 heavy (non-hydrogen) atoms. The Bertz CT molecular complexity index is 1420. The Morgan fingerprint density at radius 2 is 1.93 bits per heavy atom. The van der Waals surface area contributed by atoms with Crippen molar-refractivity contribution in [1.29, 1.82) is 0 Å². The van der Waals surface area contributed by atoms with Gasteiger partial charge in [-0.2, -0.15) is 13.2 Å². The van der Waals surface area contributed by atoms with E-state index in [0.29, 0.717) is 6.61 Å². The van der Waals surface area contributed by atoms with E-state index in [-0.39, 0.29) is 49.0 Å². The highest BCUT2D eigenvalue weighted by Crippen LogP contribution is 2.42. The summed E-state index contributed by atoms with van der Waals surface area (Å²) in [6, 6.07) is 2.62. The molecule has 0 unspecified atom stereocenters. The van der Waals surface area contributed by atoms with Gasteiger partial charge in [0.05, 0.1) is 30.7 Å². The molecule has 8 nitrogen and oxygen atoms in total. The Morgan fingerprint density at radius 1 is 1.24 bits per heavy atom. The van der Waals surface area contributed by atoms with Gasteiger partial charge in [0.1, 0.15) is 18.1 Å². The molecule has 0 saturated carbocycles. The molecule has 15 heteroatoms. The molecule has 1 aromatic carbocycles. The first-order chi connectivity index (χ1) is 19.3. The highest BCUT2D eigenvalue weighted by atomic mass is 28.3. The predicted octanol–water partition coefficient (Wildman–Crippen LogP) is 6.00. The molecule has 0 atom stereocenters. The average Bonchev–Trinajstić information content (AvgIpc) is 3.24. The van der Waals surface area contributed by atoms with E-state index in [1.165, 1.54) is 16.8 Å². The quantitative estimate of drug-likeness (QED) is 0.160. The molecular formula is C26H28F6N4O4Si. The molecule has 1 saturated heterocycles. The molecule has 2 N–H and O–H groups in total. The molecular weight excluding hydrogens is 574 g/mol.